The first-order valence-corrected chi connectivity index (χ1v) is 5.04. The molecule has 76 valence electrons. The highest BCUT2D eigenvalue weighted by Crippen LogP contribution is 2.15. The van der Waals surface area contributed by atoms with Crippen LogP contribution in [0.3, 0.4) is 0 Å². The zero-order valence-corrected chi connectivity index (χ0v) is 9.20. The minimum atomic E-state index is 0.583. The second-order valence-electron chi connectivity index (χ2n) is 3.61. The summed E-state index contributed by atoms with van der Waals surface area (Å²) >= 11 is 0. The van der Waals surface area contributed by atoms with Crippen LogP contribution in [-0.4, -0.2) is 9.55 Å². The largest absolute Gasteiger partial charge is 0.307 e. The maximum Gasteiger partial charge on any atom is 0.136 e. The van der Waals surface area contributed by atoms with Gasteiger partial charge in [0.05, 0.1) is 0 Å². The van der Waals surface area contributed by atoms with Crippen molar-refractivity contribution in [3.8, 4) is 0 Å². The summed E-state index contributed by atoms with van der Waals surface area (Å²) in [4.78, 5) is 4.18. The van der Waals surface area contributed by atoms with E-state index in [0.717, 1.165) is 12.2 Å². The van der Waals surface area contributed by atoms with Gasteiger partial charge in [-0.25, -0.2) is 4.98 Å². The van der Waals surface area contributed by atoms with Crippen LogP contribution in [0, 0.1) is 5.92 Å². The molecule has 14 heavy (non-hydrogen) atoms. The normalized spacial score (nSPS) is 12.1. The molecule has 0 aromatic carbocycles. The molecule has 1 rings (SSSR count). The molecule has 0 spiro atoms. The number of rotatable bonds is 4. The Morgan fingerprint density at radius 1 is 1.64 bits per heavy atom. The Bertz CT molecular complexity index is 332. The second kappa shape index (κ2) is 4.80. The molecule has 0 amide bonds. The average Bonchev–Trinajstić information content (AvgIpc) is 2.60. The molecule has 0 radical (unpaired) electrons. The molecule has 2 heteroatoms. The Labute approximate surface area is 86.0 Å². The molecule has 0 saturated carbocycles. The van der Waals surface area contributed by atoms with Crippen LogP contribution >= 0.6 is 0 Å². The third-order valence-corrected chi connectivity index (χ3v) is 2.34. The van der Waals surface area contributed by atoms with Gasteiger partial charge in [-0.05, 0) is 18.4 Å². The summed E-state index contributed by atoms with van der Waals surface area (Å²) in [6.45, 7) is 10.3. The molecule has 1 aromatic heterocycles. The van der Waals surface area contributed by atoms with Crippen LogP contribution in [0.15, 0.2) is 24.5 Å². The Kier molecular flexibility index (Phi) is 3.69. The van der Waals surface area contributed by atoms with Crippen molar-refractivity contribution in [3.05, 3.63) is 30.4 Å². The smallest absolute Gasteiger partial charge is 0.136 e. The molecule has 1 aromatic rings. The number of hydrogen-bond acceptors (Lipinski definition) is 1. The molecule has 0 N–H and O–H groups in total. The highest BCUT2D eigenvalue weighted by molar-refractivity contribution is 5.44. The standard InChI is InChI=1S/C12H18N2/c1-5-11(10(3)4)9-14-8-7-13-12(14)6-2/h6-10H,2,5H2,1,3-4H3/b11-9+. The van der Waals surface area contributed by atoms with Crippen molar-refractivity contribution in [3.63, 3.8) is 0 Å². The maximum atomic E-state index is 4.18. The maximum absolute atomic E-state index is 4.18. The van der Waals surface area contributed by atoms with Crippen LogP contribution in [0.5, 0.6) is 0 Å². The lowest BCUT2D eigenvalue weighted by atomic mass is 10.0. The molecule has 0 saturated heterocycles. The van der Waals surface area contributed by atoms with Gasteiger partial charge >= 0.3 is 0 Å². The summed E-state index contributed by atoms with van der Waals surface area (Å²) in [6.07, 6.45) is 8.74. The molecule has 0 aliphatic carbocycles. The fourth-order valence-electron chi connectivity index (χ4n) is 1.42. The predicted molar refractivity (Wildman–Crippen MR) is 61.7 cm³/mol. The van der Waals surface area contributed by atoms with E-state index in [9.17, 15) is 0 Å². The molecule has 1 heterocycles. The van der Waals surface area contributed by atoms with Crippen LogP contribution in [0.4, 0.5) is 0 Å². The molecule has 0 bridgehead atoms. The summed E-state index contributed by atoms with van der Waals surface area (Å²) in [5, 5.41) is 0. The van der Waals surface area contributed by atoms with E-state index in [1.807, 2.05) is 10.8 Å². The molecule has 2 nitrogen and oxygen atoms in total. The fourth-order valence-corrected chi connectivity index (χ4v) is 1.42. The minimum Gasteiger partial charge on any atom is -0.307 e. The van der Waals surface area contributed by atoms with E-state index in [-0.39, 0.29) is 0 Å². The van der Waals surface area contributed by atoms with Gasteiger partial charge in [0, 0.05) is 18.6 Å². The van der Waals surface area contributed by atoms with Gasteiger partial charge in [-0.15, -0.1) is 0 Å². The zero-order chi connectivity index (χ0) is 10.6. The van der Waals surface area contributed by atoms with Gasteiger partial charge in [0.25, 0.3) is 0 Å². The van der Waals surface area contributed by atoms with E-state index in [0.29, 0.717) is 5.92 Å². The van der Waals surface area contributed by atoms with E-state index in [2.05, 4.69) is 38.5 Å². The lowest BCUT2D eigenvalue weighted by Crippen LogP contribution is -1.97. The quantitative estimate of drug-likeness (QED) is 0.711. The Balaban J connectivity index is 2.99. The van der Waals surface area contributed by atoms with Gasteiger partial charge < -0.3 is 4.57 Å². The second-order valence-corrected chi connectivity index (χ2v) is 3.61. The van der Waals surface area contributed by atoms with Gasteiger partial charge in [0.1, 0.15) is 5.82 Å². The fraction of sp³-hybridized carbons (Fsp3) is 0.417. The van der Waals surface area contributed by atoms with E-state index in [4.69, 9.17) is 0 Å². The van der Waals surface area contributed by atoms with Crippen molar-refractivity contribution in [2.24, 2.45) is 5.92 Å². The first kappa shape index (κ1) is 10.8. The zero-order valence-electron chi connectivity index (χ0n) is 9.20. The summed E-state index contributed by atoms with van der Waals surface area (Å²) in [5.41, 5.74) is 1.42. The Hall–Kier alpha value is -1.31. The topological polar surface area (TPSA) is 17.8 Å². The number of nitrogens with zero attached hydrogens (tertiary/aromatic N) is 2. The van der Waals surface area contributed by atoms with Gasteiger partial charge in [-0.1, -0.05) is 32.9 Å². The summed E-state index contributed by atoms with van der Waals surface area (Å²) in [6, 6.07) is 0. The van der Waals surface area contributed by atoms with Gasteiger partial charge in [-0.2, -0.15) is 0 Å². The van der Waals surface area contributed by atoms with Crippen molar-refractivity contribution in [2.45, 2.75) is 27.2 Å². The first-order valence-electron chi connectivity index (χ1n) is 5.04. The number of imidazole rings is 1. The lowest BCUT2D eigenvalue weighted by Gasteiger charge is -2.09. The molecule has 0 aliphatic rings. The summed E-state index contributed by atoms with van der Waals surface area (Å²) < 4.78 is 2.02. The van der Waals surface area contributed by atoms with Gasteiger partial charge in [0.2, 0.25) is 0 Å². The predicted octanol–water partition coefficient (Wildman–Crippen LogP) is 3.43. The number of aromatic nitrogens is 2. The van der Waals surface area contributed by atoms with Crippen LogP contribution in [0.2, 0.25) is 0 Å². The Morgan fingerprint density at radius 2 is 2.36 bits per heavy atom. The van der Waals surface area contributed by atoms with Crippen LogP contribution in [0.25, 0.3) is 12.3 Å². The third-order valence-electron chi connectivity index (χ3n) is 2.34. The van der Waals surface area contributed by atoms with E-state index < -0.39 is 0 Å². The van der Waals surface area contributed by atoms with Crippen LogP contribution < -0.4 is 0 Å². The lowest BCUT2D eigenvalue weighted by molar-refractivity contribution is 0.733. The van der Waals surface area contributed by atoms with E-state index in [1.165, 1.54) is 5.57 Å². The number of hydrogen-bond donors (Lipinski definition) is 0. The van der Waals surface area contributed by atoms with Crippen molar-refractivity contribution >= 4 is 12.3 Å². The molecular formula is C12H18N2. The van der Waals surface area contributed by atoms with Crippen molar-refractivity contribution in [1.29, 1.82) is 0 Å². The van der Waals surface area contributed by atoms with Crippen LogP contribution in [-0.2, 0) is 0 Å². The molecule has 0 unspecified atom stereocenters. The van der Waals surface area contributed by atoms with Crippen molar-refractivity contribution in [1.82, 2.24) is 9.55 Å². The monoisotopic (exact) mass is 190 g/mol. The van der Waals surface area contributed by atoms with Gasteiger partial charge in [0.15, 0.2) is 0 Å². The molecule has 0 aliphatic heterocycles. The first-order chi connectivity index (χ1) is 6.69. The SMILES string of the molecule is C=Cc1nccn1/C=C(\CC)C(C)C. The van der Waals surface area contributed by atoms with Crippen LogP contribution in [0.1, 0.15) is 33.0 Å². The average molecular weight is 190 g/mol. The van der Waals surface area contributed by atoms with Crippen molar-refractivity contribution < 1.29 is 0 Å². The highest BCUT2D eigenvalue weighted by atomic mass is 15.0. The van der Waals surface area contributed by atoms with Crippen molar-refractivity contribution in [2.75, 3.05) is 0 Å². The van der Waals surface area contributed by atoms with E-state index >= 15 is 0 Å². The summed E-state index contributed by atoms with van der Waals surface area (Å²) in [7, 11) is 0. The molecular weight excluding hydrogens is 172 g/mol. The Morgan fingerprint density at radius 3 is 2.86 bits per heavy atom. The van der Waals surface area contributed by atoms with Gasteiger partial charge in [-0.3, -0.25) is 0 Å². The molecule has 0 fully saturated rings. The summed E-state index contributed by atoms with van der Waals surface area (Å²) in [5.74, 6) is 1.48. The minimum absolute atomic E-state index is 0.583. The highest BCUT2D eigenvalue weighted by Gasteiger charge is 2.02. The third kappa shape index (κ3) is 2.34. The van der Waals surface area contributed by atoms with E-state index in [1.54, 1.807) is 12.3 Å². The number of allylic oxidation sites excluding steroid dienone is 1. The molecule has 0 atom stereocenters.